The number of carboxylic acid groups (broad SMARTS) is 1. The SMILES string of the molecule is CCCCC#CC(CC(=O)O)c1ccc(OC)c(OC2CCCC2)c1. The van der Waals surface area contributed by atoms with Gasteiger partial charge in [-0.1, -0.05) is 25.3 Å². The van der Waals surface area contributed by atoms with Gasteiger partial charge < -0.3 is 14.6 Å². The molecule has 4 nitrogen and oxygen atoms in total. The van der Waals surface area contributed by atoms with Crippen molar-refractivity contribution in [3.63, 3.8) is 0 Å². The van der Waals surface area contributed by atoms with Crippen LogP contribution in [-0.2, 0) is 4.79 Å². The second-order valence-electron chi connectivity index (χ2n) is 6.51. The molecule has 25 heavy (non-hydrogen) atoms. The number of aliphatic carboxylic acids is 1. The lowest BCUT2D eigenvalue weighted by Gasteiger charge is -2.18. The first-order valence-corrected chi connectivity index (χ1v) is 9.18. The fraction of sp³-hybridized carbons (Fsp3) is 0.571. The Morgan fingerprint density at radius 1 is 1.32 bits per heavy atom. The van der Waals surface area contributed by atoms with Gasteiger partial charge >= 0.3 is 5.97 Å². The highest BCUT2D eigenvalue weighted by molar-refractivity contribution is 5.69. The van der Waals surface area contributed by atoms with Gasteiger partial charge in [-0.25, -0.2) is 0 Å². The van der Waals surface area contributed by atoms with E-state index in [-0.39, 0.29) is 18.4 Å². The van der Waals surface area contributed by atoms with E-state index in [1.54, 1.807) is 7.11 Å². The molecule has 1 aliphatic rings. The summed E-state index contributed by atoms with van der Waals surface area (Å²) in [5.41, 5.74) is 0.875. The minimum absolute atomic E-state index is 0.00563. The van der Waals surface area contributed by atoms with Crippen molar-refractivity contribution < 1.29 is 19.4 Å². The smallest absolute Gasteiger partial charge is 0.304 e. The highest BCUT2D eigenvalue weighted by Crippen LogP contribution is 2.35. The Kier molecular flexibility index (Phi) is 7.66. The van der Waals surface area contributed by atoms with Crippen molar-refractivity contribution in [2.45, 2.75) is 70.3 Å². The van der Waals surface area contributed by atoms with Crippen LogP contribution in [0.2, 0.25) is 0 Å². The molecule has 1 aromatic carbocycles. The van der Waals surface area contributed by atoms with Crippen LogP contribution >= 0.6 is 0 Å². The van der Waals surface area contributed by atoms with Crippen LogP contribution in [0.4, 0.5) is 0 Å². The second-order valence-corrected chi connectivity index (χ2v) is 6.51. The quantitative estimate of drug-likeness (QED) is 0.545. The molecule has 0 heterocycles. The van der Waals surface area contributed by atoms with Gasteiger partial charge in [0.25, 0.3) is 0 Å². The molecule has 1 saturated carbocycles. The van der Waals surface area contributed by atoms with E-state index in [1.807, 2.05) is 18.2 Å². The highest BCUT2D eigenvalue weighted by Gasteiger charge is 2.20. The van der Waals surface area contributed by atoms with Gasteiger partial charge in [0.1, 0.15) is 0 Å². The van der Waals surface area contributed by atoms with Crippen LogP contribution in [0, 0.1) is 11.8 Å². The van der Waals surface area contributed by atoms with Gasteiger partial charge in [-0.3, -0.25) is 4.79 Å². The maximum atomic E-state index is 11.2. The molecule has 1 aromatic rings. The Morgan fingerprint density at radius 3 is 2.72 bits per heavy atom. The van der Waals surface area contributed by atoms with Crippen molar-refractivity contribution in [3.8, 4) is 23.3 Å². The zero-order valence-electron chi connectivity index (χ0n) is 15.2. The molecule has 1 N–H and O–H groups in total. The Hall–Kier alpha value is -2.15. The second kappa shape index (κ2) is 9.98. The largest absolute Gasteiger partial charge is 0.493 e. The highest BCUT2D eigenvalue weighted by atomic mass is 16.5. The van der Waals surface area contributed by atoms with Gasteiger partial charge in [-0.15, -0.1) is 5.92 Å². The van der Waals surface area contributed by atoms with Crippen molar-refractivity contribution in [1.82, 2.24) is 0 Å². The van der Waals surface area contributed by atoms with Crippen LogP contribution in [-0.4, -0.2) is 24.3 Å². The van der Waals surface area contributed by atoms with Crippen LogP contribution in [0.15, 0.2) is 18.2 Å². The summed E-state index contributed by atoms with van der Waals surface area (Å²) in [4.78, 5) is 11.2. The summed E-state index contributed by atoms with van der Waals surface area (Å²) in [5, 5.41) is 9.22. The average molecular weight is 344 g/mol. The summed E-state index contributed by atoms with van der Waals surface area (Å²) in [5.74, 6) is 6.46. The van der Waals surface area contributed by atoms with E-state index >= 15 is 0 Å². The summed E-state index contributed by atoms with van der Waals surface area (Å²) >= 11 is 0. The van der Waals surface area contributed by atoms with E-state index in [9.17, 15) is 9.90 Å². The zero-order chi connectivity index (χ0) is 18.1. The fourth-order valence-electron chi connectivity index (χ4n) is 3.08. The van der Waals surface area contributed by atoms with Crippen molar-refractivity contribution in [2.24, 2.45) is 0 Å². The van der Waals surface area contributed by atoms with Crippen molar-refractivity contribution in [3.05, 3.63) is 23.8 Å². The molecular weight excluding hydrogens is 316 g/mol. The number of hydrogen-bond acceptors (Lipinski definition) is 3. The van der Waals surface area contributed by atoms with Crippen LogP contribution in [0.1, 0.15) is 69.8 Å². The van der Waals surface area contributed by atoms with E-state index < -0.39 is 5.97 Å². The third kappa shape index (κ3) is 6.01. The number of unbranched alkanes of at least 4 members (excludes halogenated alkanes) is 2. The summed E-state index contributed by atoms with van der Waals surface area (Å²) in [6, 6.07) is 5.64. The standard InChI is InChI=1S/C21H28O4/c1-3-4-5-6-9-16(15-21(22)23)17-12-13-19(24-2)20(14-17)25-18-10-7-8-11-18/h12-14,16,18H,3-5,7-8,10-11,15H2,1-2H3,(H,22,23). The van der Waals surface area contributed by atoms with Crippen LogP contribution in [0.5, 0.6) is 11.5 Å². The number of ether oxygens (including phenoxy) is 2. The summed E-state index contributed by atoms with van der Waals surface area (Å²) < 4.78 is 11.5. The van der Waals surface area contributed by atoms with E-state index in [0.717, 1.165) is 37.7 Å². The molecule has 0 saturated heterocycles. The minimum atomic E-state index is -0.844. The molecule has 1 aliphatic carbocycles. The lowest BCUT2D eigenvalue weighted by molar-refractivity contribution is -0.137. The monoisotopic (exact) mass is 344 g/mol. The lowest BCUT2D eigenvalue weighted by Crippen LogP contribution is -2.12. The third-order valence-electron chi connectivity index (χ3n) is 4.50. The molecule has 0 radical (unpaired) electrons. The molecular formula is C21H28O4. The Bertz CT molecular complexity index is 621. The number of carbonyl (C=O) groups is 1. The summed E-state index contributed by atoms with van der Waals surface area (Å²) in [7, 11) is 1.62. The molecule has 2 rings (SSSR count). The normalized spacial score (nSPS) is 15.3. The first-order chi connectivity index (χ1) is 12.1. The topological polar surface area (TPSA) is 55.8 Å². The molecule has 4 heteroatoms. The predicted molar refractivity (Wildman–Crippen MR) is 98.2 cm³/mol. The lowest BCUT2D eigenvalue weighted by atomic mass is 9.95. The number of hydrogen-bond donors (Lipinski definition) is 1. The molecule has 0 amide bonds. The van der Waals surface area contributed by atoms with Gasteiger partial charge in [-0.05, 0) is 49.8 Å². The predicted octanol–water partition coefficient (Wildman–Crippen LogP) is 4.77. The van der Waals surface area contributed by atoms with Crippen molar-refractivity contribution in [2.75, 3.05) is 7.11 Å². The van der Waals surface area contributed by atoms with E-state index in [1.165, 1.54) is 12.8 Å². The van der Waals surface area contributed by atoms with Gasteiger partial charge in [0.2, 0.25) is 0 Å². The van der Waals surface area contributed by atoms with Crippen LogP contribution in [0.3, 0.4) is 0 Å². The van der Waals surface area contributed by atoms with Crippen molar-refractivity contribution >= 4 is 5.97 Å². The average Bonchev–Trinajstić information content (AvgIpc) is 3.10. The van der Waals surface area contributed by atoms with Crippen LogP contribution < -0.4 is 9.47 Å². The summed E-state index contributed by atoms with van der Waals surface area (Å²) in [6.07, 6.45) is 7.63. The number of methoxy groups -OCH3 is 1. The first-order valence-electron chi connectivity index (χ1n) is 9.18. The summed E-state index contributed by atoms with van der Waals surface area (Å²) in [6.45, 7) is 2.12. The number of benzene rings is 1. The maximum Gasteiger partial charge on any atom is 0.304 e. The van der Waals surface area contributed by atoms with Gasteiger partial charge in [0, 0.05) is 6.42 Å². The third-order valence-corrected chi connectivity index (χ3v) is 4.50. The van der Waals surface area contributed by atoms with Gasteiger partial charge in [0.15, 0.2) is 11.5 Å². The molecule has 0 spiro atoms. The molecule has 136 valence electrons. The van der Waals surface area contributed by atoms with E-state index in [4.69, 9.17) is 9.47 Å². The molecule has 0 aliphatic heterocycles. The minimum Gasteiger partial charge on any atom is -0.493 e. The van der Waals surface area contributed by atoms with Crippen molar-refractivity contribution in [1.29, 1.82) is 0 Å². The maximum absolute atomic E-state index is 11.2. The Balaban J connectivity index is 2.22. The Morgan fingerprint density at radius 2 is 2.08 bits per heavy atom. The molecule has 1 fully saturated rings. The van der Waals surface area contributed by atoms with E-state index in [2.05, 4.69) is 18.8 Å². The van der Waals surface area contributed by atoms with E-state index in [0.29, 0.717) is 11.5 Å². The zero-order valence-corrected chi connectivity index (χ0v) is 15.2. The van der Waals surface area contributed by atoms with Gasteiger partial charge in [0.05, 0.1) is 25.6 Å². The fourth-order valence-corrected chi connectivity index (χ4v) is 3.08. The molecule has 0 aromatic heterocycles. The van der Waals surface area contributed by atoms with Gasteiger partial charge in [-0.2, -0.15) is 0 Å². The van der Waals surface area contributed by atoms with Crippen LogP contribution in [0.25, 0.3) is 0 Å². The number of carboxylic acids is 1. The Labute approximate surface area is 150 Å². The molecule has 1 unspecified atom stereocenters. The molecule has 0 bridgehead atoms. The first kappa shape index (κ1) is 19.2. The molecule has 1 atom stereocenters. The number of rotatable bonds is 8.